The Hall–Kier alpha value is -5.93. The van der Waals surface area contributed by atoms with Crippen LogP contribution in [-0.4, -0.2) is 9.97 Å². The van der Waals surface area contributed by atoms with E-state index in [1.54, 1.807) is 23.1 Å². The lowest BCUT2D eigenvalue weighted by atomic mass is 10.2. The molecule has 0 N–H and O–H groups in total. The summed E-state index contributed by atoms with van der Waals surface area (Å²) in [7, 11) is -15.2. The van der Waals surface area contributed by atoms with Gasteiger partial charge in [0.05, 0.1) is 0 Å². The van der Waals surface area contributed by atoms with Crippen molar-refractivity contribution in [3.8, 4) is 22.0 Å². The van der Waals surface area contributed by atoms with E-state index in [9.17, 15) is 0 Å². The van der Waals surface area contributed by atoms with Gasteiger partial charge >= 0.3 is 0 Å². The molecule has 2 heterocycles. The number of aromatic nitrogens is 2. The van der Waals surface area contributed by atoms with Gasteiger partial charge in [-0.2, -0.15) is 9.97 Å². The van der Waals surface area contributed by atoms with Crippen LogP contribution in [0.15, 0.2) is 256 Å². The van der Waals surface area contributed by atoms with Crippen LogP contribution in [0.2, 0.25) is 0 Å². The van der Waals surface area contributed by atoms with E-state index in [2.05, 4.69) is 224 Å². The first-order valence-electron chi connectivity index (χ1n) is 21.4. The number of halogens is 2. The third kappa shape index (κ3) is 12.2. The van der Waals surface area contributed by atoms with Crippen LogP contribution in [-0.2, 0) is 0 Å². The number of rotatable bonds is 12. The molecule has 10 rings (SSSR count). The van der Waals surface area contributed by atoms with Crippen molar-refractivity contribution in [3.05, 3.63) is 243 Å². The molecule has 0 bridgehead atoms. The second kappa shape index (κ2) is 23.1. The molecule has 0 atom stereocenters. The summed E-state index contributed by atoms with van der Waals surface area (Å²) in [5, 5.41) is 9.05. The Morgan fingerprint density at radius 2 is 0.620 bits per heavy atom. The SMILES string of the molecule is [O-][Cl+3]([O-])([O-])[O-].[O-][Cl+3]([O-])([O-])[O-].c1ccc(-c2nc([P+](c3ccccc3)(c3ccccc3)c3ccccc3)c(Sc3sc(-c4ccccc4)nc3[P+](c3ccccc3)(c3ccccc3)c3ccccc3)o2)cc1. The monoisotopic (exact) mass is 1060 g/mol. The second-order valence-electron chi connectivity index (χ2n) is 15.2. The van der Waals surface area contributed by atoms with Gasteiger partial charge in [-0.15, -0.1) is 31.8 Å². The molecule has 71 heavy (non-hydrogen) atoms. The highest BCUT2D eigenvalue weighted by atomic mass is 35.7. The van der Waals surface area contributed by atoms with Crippen molar-refractivity contribution in [2.24, 2.45) is 0 Å². The van der Waals surface area contributed by atoms with Gasteiger partial charge in [0.15, 0.2) is 14.5 Å². The van der Waals surface area contributed by atoms with Crippen molar-refractivity contribution in [2.75, 3.05) is 0 Å². The highest BCUT2D eigenvalue weighted by Gasteiger charge is 2.55. The molecule has 0 aliphatic carbocycles. The molecule has 0 fully saturated rings. The van der Waals surface area contributed by atoms with Crippen LogP contribution in [0.1, 0.15) is 0 Å². The lowest BCUT2D eigenvalue weighted by molar-refractivity contribution is -2.00. The fourth-order valence-electron chi connectivity index (χ4n) is 8.18. The van der Waals surface area contributed by atoms with Gasteiger partial charge in [0, 0.05) is 11.1 Å². The molecule has 0 radical (unpaired) electrons. The largest absolute Gasteiger partial charge is 0.425 e. The van der Waals surface area contributed by atoms with Crippen LogP contribution >= 0.6 is 37.6 Å². The van der Waals surface area contributed by atoms with Crippen molar-refractivity contribution in [3.63, 3.8) is 0 Å². The second-order valence-corrected chi connectivity index (χ2v) is 25.6. The Morgan fingerprint density at radius 1 is 0.352 bits per heavy atom. The van der Waals surface area contributed by atoms with E-state index < -0.39 is 35.0 Å². The molecule has 0 aliphatic heterocycles. The lowest BCUT2D eigenvalue weighted by Crippen LogP contribution is -2.68. The van der Waals surface area contributed by atoms with Crippen LogP contribution in [0.3, 0.4) is 0 Å². The first kappa shape index (κ1) is 51.4. The van der Waals surface area contributed by atoms with Crippen molar-refractivity contribution in [1.82, 2.24) is 9.97 Å². The molecule has 0 amide bonds. The quantitative estimate of drug-likeness (QED) is 0.158. The van der Waals surface area contributed by atoms with Crippen molar-refractivity contribution < 1.29 is 62.2 Å². The van der Waals surface area contributed by atoms with Crippen molar-refractivity contribution in [2.45, 2.75) is 9.30 Å². The topological polar surface area (TPSA) is 223 Å². The van der Waals surface area contributed by atoms with Crippen molar-refractivity contribution in [1.29, 1.82) is 0 Å². The van der Waals surface area contributed by atoms with E-state index in [1.807, 2.05) is 18.2 Å². The number of oxazole rings is 1. The van der Waals surface area contributed by atoms with Crippen LogP contribution in [0.4, 0.5) is 0 Å². The molecule has 11 nitrogen and oxygen atoms in total. The summed E-state index contributed by atoms with van der Waals surface area (Å²) in [4.78, 5) is 11.5. The van der Waals surface area contributed by atoms with Gasteiger partial charge in [-0.05, 0) is 96.7 Å². The molecule has 0 unspecified atom stereocenters. The summed E-state index contributed by atoms with van der Waals surface area (Å²) in [6.45, 7) is 0. The Bertz CT molecular complexity index is 2790. The Morgan fingerprint density at radius 3 is 0.930 bits per heavy atom. The minimum atomic E-state index is -4.94. The highest BCUT2D eigenvalue weighted by molar-refractivity contribution is 8.07. The molecule has 0 saturated heterocycles. The fraction of sp³-hybridized carbons (Fsp3) is 0. The summed E-state index contributed by atoms with van der Waals surface area (Å²) in [5.41, 5.74) is 3.99. The summed E-state index contributed by atoms with van der Waals surface area (Å²) in [6, 6.07) is 86.6. The first-order chi connectivity index (χ1) is 34.3. The number of hydrogen-bond acceptors (Lipinski definition) is 13. The minimum absolute atomic E-state index is 0.592. The van der Waals surface area contributed by atoms with E-state index >= 15 is 0 Å². The predicted molar refractivity (Wildman–Crippen MR) is 263 cm³/mol. The summed E-state index contributed by atoms with van der Waals surface area (Å²) in [6.07, 6.45) is 0. The standard InChI is InChI=1S/C54H40N2OP2S2.2ClHO4/c1-9-25-41(26-10-1)49-55-50(58(43-29-13-3-14-30-43,44-31-15-4-16-32-44)45-33-17-5-18-34-45)53(57-49)61-54-51(56-52(60-54)42-27-11-2-12-28-42)59(46-35-19-6-20-36-46,47-37-21-7-22-38-47)48-39-23-8-24-40-48;2*2-1(3,4)5/h1-40H;2*(H,2,3,4,5)/q+2;;/p-2. The van der Waals surface area contributed by atoms with Gasteiger partial charge < -0.3 is 4.42 Å². The summed E-state index contributed by atoms with van der Waals surface area (Å²) >= 11 is 3.41. The molecule has 10 aromatic rings. The number of nitrogens with zero attached hydrogens (tertiary/aromatic N) is 2. The smallest absolute Gasteiger partial charge is 0.251 e. The van der Waals surface area contributed by atoms with Gasteiger partial charge in [-0.1, -0.05) is 158 Å². The van der Waals surface area contributed by atoms with Gasteiger partial charge in [-0.25, -0.2) is 37.3 Å². The predicted octanol–water partition coefficient (Wildman–Crippen LogP) is 1.34. The Kier molecular flexibility index (Phi) is 16.7. The molecule has 356 valence electrons. The normalized spacial score (nSPS) is 11.7. The van der Waals surface area contributed by atoms with E-state index in [-0.39, 0.29) is 0 Å². The Balaban J connectivity index is 0.000000617. The summed E-state index contributed by atoms with van der Waals surface area (Å²) < 4.78 is 76.3. The Labute approximate surface area is 423 Å². The molecule has 0 aliphatic rings. The molecule has 17 heteroatoms. The van der Waals surface area contributed by atoms with E-state index in [0.717, 1.165) is 36.3 Å². The average molecular weight is 1060 g/mol. The van der Waals surface area contributed by atoms with Crippen molar-refractivity contribution >= 4 is 80.3 Å². The molecule has 0 saturated carbocycles. The number of benzene rings is 8. The molecular weight excluding hydrogens is 1020 g/mol. The van der Waals surface area contributed by atoms with E-state index in [0.29, 0.717) is 5.89 Å². The minimum Gasteiger partial charge on any atom is -0.425 e. The van der Waals surface area contributed by atoms with Gasteiger partial charge in [0.25, 0.3) is 5.44 Å². The van der Waals surface area contributed by atoms with E-state index in [4.69, 9.17) is 51.7 Å². The van der Waals surface area contributed by atoms with Crippen LogP contribution < -0.4 is 80.0 Å². The number of thiazole rings is 1. The van der Waals surface area contributed by atoms with Gasteiger partial charge in [0.2, 0.25) is 16.4 Å². The third-order valence-corrected chi connectivity index (χ3v) is 21.9. The van der Waals surface area contributed by atoms with E-state index in [1.165, 1.54) is 31.8 Å². The maximum atomic E-state index is 8.49. The van der Waals surface area contributed by atoms with Gasteiger partial charge in [0.1, 0.15) is 41.0 Å². The van der Waals surface area contributed by atoms with Gasteiger partial charge in [-0.3, -0.25) is 0 Å². The molecule has 8 aromatic carbocycles. The fourth-order valence-corrected chi connectivity index (χ4v) is 19.8. The maximum Gasteiger partial charge on any atom is 0.251 e. The zero-order valence-electron chi connectivity index (χ0n) is 37.1. The molecule has 0 spiro atoms. The lowest BCUT2D eigenvalue weighted by Gasteiger charge is -2.27. The third-order valence-electron chi connectivity index (χ3n) is 10.9. The maximum absolute atomic E-state index is 8.49. The molecular formula is C54H40Cl2N2O9P2S2. The van der Waals surface area contributed by atoms with Crippen LogP contribution in [0.5, 0.6) is 0 Å². The van der Waals surface area contributed by atoms with Crippen LogP contribution in [0.25, 0.3) is 22.0 Å². The van der Waals surface area contributed by atoms with Crippen LogP contribution in [0, 0.1) is 20.5 Å². The molecule has 2 aromatic heterocycles. The highest BCUT2D eigenvalue weighted by Crippen LogP contribution is 2.60. The first-order valence-corrected chi connectivity index (χ1v) is 29.1. The number of hydrogen-bond donors (Lipinski definition) is 0. The average Bonchev–Trinajstić information content (AvgIpc) is 4.01. The summed E-state index contributed by atoms with van der Waals surface area (Å²) in [5.74, 6) is 0.592. The zero-order valence-corrected chi connectivity index (χ0v) is 42.1. The zero-order chi connectivity index (χ0) is 49.9.